The fourth-order valence-electron chi connectivity index (χ4n) is 3.54. The number of carbonyl (C=O) groups excluding carboxylic acids is 2. The van der Waals surface area contributed by atoms with Crippen molar-refractivity contribution in [3.8, 4) is 0 Å². The second-order valence-electron chi connectivity index (χ2n) is 7.96. The molecule has 1 aliphatic rings. The normalized spacial score (nSPS) is 13.3. The van der Waals surface area contributed by atoms with E-state index in [1.807, 2.05) is 6.92 Å². The van der Waals surface area contributed by atoms with Gasteiger partial charge in [0.2, 0.25) is 0 Å². The maximum atomic E-state index is 14.8. The zero-order valence-corrected chi connectivity index (χ0v) is 18.9. The first-order valence-electron chi connectivity index (χ1n) is 10.9. The first-order valence-corrected chi connectivity index (χ1v) is 10.9. The van der Waals surface area contributed by atoms with Crippen molar-refractivity contribution in [2.24, 2.45) is 0 Å². The summed E-state index contributed by atoms with van der Waals surface area (Å²) in [5.41, 5.74) is 0.806. The van der Waals surface area contributed by atoms with Crippen LogP contribution in [0.5, 0.6) is 0 Å². The molecule has 3 N–H and O–H groups in total. The minimum absolute atomic E-state index is 0.00514. The molecular weight excluding hydrogens is 456 g/mol. The van der Waals surface area contributed by atoms with E-state index in [0.717, 1.165) is 23.8 Å². The van der Waals surface area contributed by atoms with Crippen molar-refractivity contribution < 1.29 is 23.1 Å². The van der Waals surface area contributed by atoms with Gasteiger partial charge in [0.1, 0.15) is 23.3 Å². The van der Waals surface area contributed by atoms with E-state index >= 15 is 0 Å². The van der Waals surface area contributed by atoms with Crippen molar-refractivity contribution >= 4 is 29.2 Å². The van der Waals surface area contributed by atoms with Crippen molar-refractivity contribution in [1.29, 1.82) is 5.41 Å². The Kier molecular flexibility index (Phi) is 7.11. The molecule has 180 valence electrons. The number of aromatic nitrogens is 1. The van der Waals surface area contributed by atoms with Crippen LogP contribution in [0, 0.1) is 24.0 Å². The number of carbonyl (C=O) groups is 2. The van der Waals surface area contributed by atoms with E-state index in [4.69, 9.17) is 10.1 Å². The number of morpholine rings is 1. The third kappa shape index (κ3) is 5.67. The molecule has 0 radical (unpaired) electrons. The predicted molar refractivity (Wildman–Crippen MR) is 127 cm³/mol. The second-order valence-corrected chi connectivity index (χ2v) is 7.96. The van der Waals surface area contributed by atoms with Gasteiger partial charge in [0.15, 0.2) is 0 Å². The number of halogens is 2. The summed E-state index contributed by atoms with van der Waals surface area (Å²) in [7, 11) is 0. The Morgan fingerprint density at radius 1 is 0.971 bits per heavy atom. The number of amides is 2. The molecule has 0 bridgehead atoms. The topological polar surface area (TPSA) is 107 Å². The van der Waals surface area contributed by atoms with Gasteiger partial charge >= 0.3 is 0 Å². The molecule has 1 aromatic heterocycles. The Labute approximate surface area is 200 Å². The molecule has 10 heteroatoms. The lowest BCUT2D eigenvalue weighted by atomic mass is 10.1. The Hall–Kier alpha value is -4.18. The number of amidine groups is 1. The molecule has 0 atom stereocenters. The molecule has 4 rings (SSSR count). The van der Waals surface area contributed by atoms with Gasteiger partial charge in [-0.15, -0.1) is 0 Å². The maximum Gasteiger partial charge on any atom is 0.259 e. The first kappa shape index (κ1) is 24.0. The number of pyridine rings is 1. The van der Waals surface area contributed by atoms with Crippen molar-refractivity contribution in [2.75, 3.05) is 36.9 Å². The summed E-state index contributed by atoms with van der Waals surface area (Å²) in [5.74, 6) is -2.61. The summed E-state index contributed by atoms with van der Waals surface area (Å²) < 4.78 is 34.0. The predicted octanol–water partition coefficient (Wildman–Crippen LogP) is 3.83. The maximum absolute atomic E-state index is 14.8. The summed E-state index contributed by atoms with van der Waals surface area (Å²) in [5, 5.41) is 13.3. The molecule has 3 aromatic rings. The molecule has 8 nitrogen and oxygen atoms in total. The van der Waals surface area contributed by atoms with Crippen LogP contribution in [0.15, 0.2) is 54.7 Å². The minimum atomic E-state index is -0.824. The first-order chi connectivity index (χ1) is 16.8. The fraction of sp³-hybridized carbons (Fsp3) is 0.200. The lowest BCUT2D eigenvalue weighted by Gasteiger charge is -2.29. The summed E-state index contributed by atoms with van der Waals surface area (Å²) in [6.07, 6.45) is 1.56. The van der Waals surface area contributed by atoms with Crippen LogP contribution in [0.4, 0.5) is 20.3 Å². The van der Waals surface area contributed by atoms with E-state index in [2.05, 4.69) is 15.6 Å². The largest absolute Gasteiger partial charge is 0.378 e. The number of aryl methyl sites for hydroxylation is 1. The Bertz CT molecular complexity index is 1270. The third-order valence-corrected chi connectivity index (χ3v) is 5.44. The number of benzene rings is 2. The third-order valence-electron chi connectivity index (χ3n) is 5.44. The van der Waals surface area contributed by atoms with Crippen molar-refractivity contribution in [3.05, 3.63) is 88.6 Å². The number of ether oxygens (including phenoxy) is 1. The molecule has 0 unspecified atom stereocenters. The van der Waals surface area contributed by atoms with E-state index < -0.39 is 23.4 Å². The Morgan fingerprint density at radius 2 is 1.71 bits per heavy atom. The molecule has 0 saturated carbocycles. The van der Waals surface area contributed by atoms with E-state index in [0.29, 0.717) is 31.9 Å². The van der Waals surface area contributed by atoms with Crippen molar-refractivity contribution in [3.63, 3.8) is 0 Å². The number of anilines is 2. The highest BCUT2D eigenvalue weighted by atomic mass is 19.1. The van der Waals surface area contributed by atoms with Crippen LogP contribution in [-0.2, 0) is 4.74 Å². The number of hydrogen-bond acceptors (Lipinski definition) is 5. The van der Waals surface area contributed by atoms with Gasteiger partial charge in [-0.05, 0) is 48.9 Å². The van der Waals surface area contributed by atoms with Crippen molar-refractivity contribution in [1.82, 2.24) is 9.88 Å². The van der Waals surface area contributed by atoms with Gasteiger partial charge in [0.05, 0.1) is 30.0 Å². The molecule has 2 heterocycles. The SMILES string of the molecule is Cc1ccc(NC(=O)c2cc(F)ccc2NC(=O)c2ccc(C(=N)N3CCOCC3)cc2F)nc1. The number of nitrogens with one attached hydrogen (secondary N) is 3. The molecule has 0 spiro atoms. The van der Waals surface area contributed by atoms with E-state index in [-0.39, 0.29) is 28.5 Å². The molecule has 35 heavy (non-hydrogen) atoms. The second kappa shape index (κ2) is 10.4. The molecule has 2 aromatic carbocycles. The van der Waals surface area contributed by atoms with Gasteiger partial charge in [-0.3, -0.25) is 15.0 Å². The van der Waals surface area contributed by atoms with Gasteiger partial charge in [-0.2, -0.15) is 0 Å². The van der Waals surface area contributed by atoms with Gasteiger partial charge in [-0.25, -0.2) is 13.8 Å². The highest BCUT2D eigenvalue weighted by molar-refractivity contribution is 6.12. The minimum Gasteiger partial charge on any atom is -0.378 e. The lowest BCUT2D eigenvalue weighted by molar-refractivity contribution is 0.0680. The number of rotatable bonds is 5. The Balaban J connectivity index is 1.52. The fourth-order valence-corrected chi connectivity index (χ4v) is 3.54. The van der Waals surface area contributed by atoms with Gasteiger partial charge in [-0.1, -0.05) is 12.1 Å². The van der Waals surface area contributed by atoms with Crippen LogP contribution >= 0.6 is 0 Å². The van der Waals surface area contributed by atoms with Crippen LogP contribution in [0.1, 0.15) is 31.8 Å². The summed E-state index contributed by atoms with van der Waals surface area (Å²) in [6.45, 7) is 3.86. The standard InChI is InChI=1S/C25H23F2N5O3/c1-15-2-7-22(29-14-15)31-25(34)19-13-17(26)4-6-21(19)30-24(33)18-5-3-16(12-20(18)27)23(28)32-8-10-35-11-9-32/h2-7,12-14,28H,8-11H2,1H3,(H,30,33)(H,29,31,34). The smallest absolute Gasteiger partial charge is 0.259 e. The van der Waals surface area contributed by atoms with Crippen molar-refractivity contribution in [2.45, 2.75) is 6.92 Å². The van der Waals surface area contributed by atoms with Crippen LogP contribution in [0.3, 0.4) is 0 Å². The molecular formula is C25H23F2N5O3. The van der Waals surface area contributed by atoms with Crippen LogP contribution in [0.25, 0.3) is 0 Å². The molecule has 0 aliphatic carbocycles. The highest BCUT2D eigenvalue weighted by Gasteiger charge is 2.21. The molecule has 1 aliphatic heterocycles. The summed E-state index contributed by atoms with van der Waals surface area (Å²) in [6, 6.07) is 10.5. The average Bonchev–Trinajstić information content (AvgIpc) is 2.86. The average molecular weight is 479 g/mol. The van der Waals surface area contributed by atoms with Crippen LogP contribution in [0.2, 0.25) is 0 Å². The van der Waals surface area contributed by atoms with E-state index in [1.54, 1.807) is 23.2 Å². The number of nitrogens with zero attached hydrogens (tertiary/aromatic N) is 2. The zero-order valence-electron chi connectivity index (χ0n) is 18.9. The zero-order chi connectivity index (χ0) is 24.9. The van der Waals surface area contributed by atoms with Gasteiger partial charge in [0, 0.05) is 24.8 Å². The van der Waals surface area contributed by atoms with Gasteiger partial charge < -0.3 is 20.3 Å². The van der Waals surface area contributed by atoms with Crippen LogP contribution < -0.4 is 10.6 Å². The molecule has 1 saturated heterocycles. The molecule has 1 fully saturated rings. The van der Waals surface area contributed by atoms with Crippen LogP contribution in [-0.4, -0.2) is 53.8 Å². The quantitative estimate of drug-likeness (QED) is 0.381. The molecule has 2 amide bonds. The highest BCUT2D eigenvalue weighted by Crippen LogP contribution is 2.21. The summed E-state index contributed by atoms with van der Waals surface area (Å²) in [4.78, 5) is 31.4. The van der Waals surface area contributed by atoms with E-state index in [1.165, 1.54) is 18.2 Å². The van der Waals surface area contributed by atoms with E-state index in [9.17, 15) is 18.4 Å². The summed E-state index contributed by atoms with van der Waals surface area (Å²) >= 11 is 0. The number of hydrogen-bond donors (Lipinski definition) is 3. The Morgan fingerprint density at radius 3 is 2.40 bits per heavy atom. The monoisotopic (exact) mass is 479 g/mol. The van der Waals surface area contributed by atoms with Gasteiger partial charge in [0.25, 0.3) is 11.8 Å². The lowest BCUT2D eigenvalue weighted by Crippen LogP contribution is -2.40.